The molecule has 1 fully saturated rings. The van der Waals surface area contributed by atoms with Gasteiger partial charge in [-0.3, -0.25) is 10.00 Å². The Balaban J connectivity index is 1.54. The normalized spacial score (nSPS) is 17.9. The Hall–Kier alpha value is -2.10. The van der Waals surface area contributed by atoms with Crippen molar-refractivity contribution in [1.29, 1.82) is 0 Å². The van der Waals surface area contributed by atoms with Gasteiger partial charge in [-0.15, -0.1) is 0 Å². The van der Waals surface area contributed by atoms with Gasteiger partial charge in [-0.25, -0.2) is 0 Å². The quantitative estimate of drug-likeness (QED) is 0.606. The number of nitrogens with one attached hydrogen (secondary N) is 1. The average molecular weight is 380 g/mol. The minimum Gasteiger partial charge on any atom is -0.294 e. The van der Waals surface area contributed by atoms with E-state index in [2.05, 4.69) is 52.4 Å². The highest BCUT2D eigenvalue weighted by Crippen LogP contribution is 2.35. The fraction of sp³-hybridized carbons (Fsp3) is 0.348. The van der Waals surface area contributed by atoms with Crippen molar-refractivity contribution >= 4 is 11.6 Å². The van der Waals surface area contributed by atoms with E-state index in [1.54, 1.807) is 0 Å². The maximum atomic E-state index is 6.04. The number of aromatic nitrogens is 2. The number of likely N-dealkylation sites (tertiary alicyclic amines) is 1. The number of halogens is 1. The molecule has 1 unspecified atom stereocenters. The minimum absolute atomic E-state index is 0.427. The Morgan fingerprint density at radius 2 is 1.85 bits per heavy atom. The van der Waals surface area contributed by atoms with Crippen molar-refractivity contribution in [1.82, 2.24) is 15.1 Å². The molecule has 1 aliphatic heterocycles. The summed E-state index contributed by atoms with van der Waals surface area (Å²) in [4.78, 5) is 2.63. The van der Waals surface area contributed by atoms with Crippen LogP contribution >= 0.6 is 11.6 Å². The number of aromatic amines is 1. The molecule has 1 aliphatic rings. The van der Waals surface area contributed by atoms with E-state index >= 15 is 0 Å². The topological polar surface area (TPSA) is 31.9 Å². The molecule has 27 heavy (non-hydrogen) atoms. The largest absolute Gasteiger partial charge is 0.294 e. The van der Waals surface area contributed by atoms with E-state index in [1.165, 1.54) is 36.1 Å². The molecular formula is C23H26ClN3. The van der Waals surface area contributed by atoms with Crippen molar-refractivity contribution < 1.29 is 0 Å². The fourth-order valence-electron chi connectivity index (χ4n) is 4.13. The van der Waals surface area contributed by atoms with Crippen molar-refractivity contribution in [2.45, 2.75) is 38.6 Å². The first-order valence-electron chi connectivity index (χ1n) is 9.81. The first kappa shape index (κ1) is 18.3. The van der Waals surface area contributed by atoms with Crippen LogP contribution in [-0.4, -0.2) is 28.2 Å². The molecule has 2 heterocycles. The molecule has 0 bridgehead atoms. The van der Waals surface area contributed by atoms with Crippen LogP contribution in [0.2, 0.25) is 5.02 Å². The highest BCUT2D eigenvalue weighted by atomic mass is 35.5. The molecule has 1 aromatic heterocycles. The van der Waals surface area contributed by atoms with E-state index < -0.39 is 0 Å². The Bertz CT molecular complexity index is 870. The number of hydrogen-bond acceptors (Lipinski definition) is 2. The molecule has 0 spiro atoms. The van der Waals surface area contributed by atoms with E-state index in [4.69, 9.17) is 11.6 Å². The molecule has 1 N–H and O–H groups in total. The summed E-state index contributed by atoms with van der Waals surface area (Å²) >= 11 is 6.04. The van der Waals surface area contributed by atoms with Gasteiger partial charge >= 0.3 is 0 Å². The average Bonchev–Trinajstić information content (AvgIpc) is 3.09. The predicted molar refractivity (Wildman–Crippen MR) is 112 cm³/mol. The number of nitrogens with zero attached hydrogens (tertiary/aromatic N) is 2. The number of piperidine rings is 1. The Morgan fingerprint density at radius 3 is 2.63 bits per heavy atom. The molecule has 4 heteroatoms. The van der Waals surface area contributed by atoms with Gasteiger partial charge in [0.1, 0.15) is 0 Å². The molecule has 0 saturated carbocycles. The summed E-state index contributed by atoms with van der Waals surface area (Å²) in [5.74, 6) is 0. The summed E-state index contributed by atoms with van der Waals surface area (Å²) in [6.45, 7) is 4.43. The second-order valence-electron chi connectivity index (χ2n) is 7.40. The molecule has 1 atom stereocenters. The van der Waals surface area contributed by atoms with Crippen molar-refractivity contribution in [2.24, 2.45) is 0 Å². The van der Waals surface area contributed by atoms with Gasteiger partial charge in [0.2, 0.25) is 0 Å². The van der Waals surface area contributed by atoms with Crippen molar-refractivity contribution in [3.05, 3.63) is 76.4 Å². The SMILES string of the molecule is Cc1c(-c2ccc(Cl)cc2)n[nH]c1C1CCCCN1CCc1ccccc1. The van der Waals surface area contributed by atoms with Crippen LogP contribution < -0.4 is 0 Å². The minimum atomic E-state index is 0.427. The Morgan fingerprint density at radius 1 is 1.07 bits per heavy atom. The van der Waals surface area contributed by atoms with Crippen LogP contribution in [0.5, 0.6) is 0 Å². The van der Waals surface area contributed by atoms with Crippen LogP contribution in [0, 0.1) is 6.92 Å². The lowest BCUT2D eigenvalue weighted by molar-refractivity contribution is 0.147. The van der Waals surface area contributed by atoms with Crippen LogP contribution in [0.3, 0.4) is 0 Å². The zero-order chi connectivity index (χ0) is 18.6. The van der Waals surface area contributed by atoms with Gasteiger partial charge < -0.3 is 0 Å². The number of rotatable bonds is 5. The zero-order valence-electron chi connectivity index (χ0n) is 15.8. The molecule has 140 valence electrons. The summed E-state index contributed by atoms with van der Waals surface area (Å²) in [5, 5.41) is 8.77. The maximum absolute atomic E-state index is 6.04. The van der Waals surface area contributed by atoms with Crippen LogP contribution in [0.25, 0.3) is 11.3 Å². The van der Waals surface area contributed by atoms with E-state index in [0.717, 1.165) is 35.8 Å². The van der Waals surface area contributed by atoms with Crippen molar-refractivity contribution in [3.63, 3.8) is 0 Å². The lowest BCUT2D eigenvalue weighted by Gasteiger charge is -2.35. The van der Waals surface area contributed by atoms with Crippen LogP contribution in [0.15, 0.2) is 54.6 Å². The molecule has 1 saturated heterocycles. The lowest BCUT2D eigenvalue weighted by Crippen LogP contribution is -2.35. The monoisotopic (exact) mass is 379 g/mol. The first-order valence-corrected chi connectivity index (χ1v) is 10.2. The fourth-order valence-corrected chi connectivity index (χ4v) is 4.25. The highest BCUT2D eigenvalue weighted by molar-refractivity contribution is 6.30. The molecule has 3 nitrogen and oxygen atoms in total. The van der Waals surface area contributed by atoms with Gasteiger partial charge in [0.15, 0.2) is 0 Å². The number of H-pyrrole nitrogens is 1. The summed E-state index contributed by atoms with van der Waals surface area (Å²) in [6.07, 6.45) is 4.84. The van der Waals surface area contributed by atoms with Crippen molar-refractivity contribution in [2.75, 3.05) is 13.1 Å². The van der Waals surface area contributed by atoms with E-state index in [0.29, 0.717) is 6.04 Å². The first-order chi connectivity index (χ1) is 13.2. The molecule has 3 aromatic rings. The molecular weight excluding hydrogens is 354 g/mol. The highest BCUT2D eigenvalue weighted by Gasteiger charge is 2.27. The smallest absolute Gasteiger partial charge is 0.0953 e. The third-order valence-electron chi connectivity index (χ3n) is 5.64. The van der Waals surface area contributed by atoms with Gasteiger partial charge in [-0.1, -0.05) is 60.5 Å². The number of benzene rings is 2. The predicted octanol–water partition coefficient (Wildman–Crippen LogP) is 5.81. The van der Waals surface area contributed by atoms with Crippen LogP contribution in [0.4, 0.5) is 0 Å². The van der Waals surface area contributed by atoms with E-state index in [9.17, 15) is 0 Å². The Kier molecular flexibility index (Phi) is 5.61. The number of hydrogen-bond donors (Lipinski definition) is 1. The Labute approximate surface area is 166 Å². The lowest BCUT2D eigenvalue weighted by atomic mass is 9.95. The van der Waals surface area contributed by atoms with Crippen LogP contribution in [0.1, 0.15) is 42.1 Å². The molecule has 0 radical (unpaired) electrons. The second-order valence-corrected chi connectivity index (χ2v) is 7.84. The van der Waals surface area contributed by atoms with Crippen LogP contribution in [-0.2, 0) is 6.42 Å². The summed E-state index contributed by atoms with van der Waals surface area (Å²) in [5.41, 5.74) is 6.09. The second kappa shape index (κ2) is 8.28. The summed E-state index contributed by atoms with van der Waals surface area (Å²) in [7, 11) is 0. The van der Waals surface area contributed by atoms with Gasteiger partial charge in [0.25, 0.3) is 0 Å². The molecule has 0 amide bonds. The molecule has 4 rings (SSSR count). The van der Waals surface area contributed by atoms with E-state index in [-0.39, 0.29) is 0 Å². The van der Waals surface area contributed by atoms with Crippen molar-refractivity contribution in [3.8, 4) is 11.3 Å². The standard InChI is InChI=1S/C23H26ClN3/c1-17-22(19-10-12-20(24)13-11-19)25-26-23(17)21-9-5-6-15-27(21)16-14-18-7-3-2-4-8-18/h2-4,7-8,10-13,21H,5-6,9,14-16H2,1H3,(H,25,26). The summed E-state index contributed by atoms with van der Waals surface area (Å²) in [6, 6.07) is 19.1. The zero-order valence-corrected chi connectivity index (χ0v) is 16.5. The van der Waals surface area contributed by atoms with Gasteiger partial charge in [0.05, 0.1) is 17.4 Å². The third-order valence-corrected chi connectivity index (χ3v) is 5.89. The summed E-state index contributed by atoms with van der Waals surface area (Å²) < 4.78 is 0. The van der Waals surface area contributed by atoms with E-state index in [1.807, 2.05) is 24.3 Å². The maximum Gasteiger partial charge on any atom is 0.0953 e. The van der Waals surface area contributed by atoms with Gasteiger partial charge in [0, 0.05) is 17.1 Å². The third kappa shape index (κ3) is 4.10. The molecule has 0 aliphatic carbocycles. The molecule has 2 aromatic carbocycles. The van der Waals surface area contributed by atoms with Gasteiger partial charge in [-0.2, -0.15) is 5.10 Å². The van der Waals surface area contributed by atoms with Gasteiger partial charge in [-0.05, 0) is 56.0 Å².